The average molecular weight is 377 g/mol. The highest BCUT2D eigenvalue weighted by molar-refractivity contribution is 6.30. The predicted octanol–water partition coefficient (Wildman–Crippen LogP) is 5.29. The molecule has 1 aromatic carbocycles. The van der Waals surface area contributed by atoms with Crippen molar-refractivity contribution in [3.8, 4) is 11.5 Å². The highest BCUT2D eigenvalue weighted by Gasteiger charge is 2.33. The fraction of sp³-hybridized carbons (Fsp3) is 0.550. The van der Waals surface area contributed by atoms with Gasteiger partial charge in [-0.25, -0.2) is 0 Å². The fourth-order valence-corrected chi connectivity index (χ4v) is 3.59. The number of benzene rings is 1. The van der Waals surface area contributed by atoms with Crippen LogP contribution < -0.4 is 0 Å². The lowest BCUT2D eigenvalue weighted by Gasteiger charge is -2.36. The minimum Gasteiger partial charge on any atom is -0.455 e. The van der Waals surface area contributed by atoms with Crippen molar-refractivity contribution in [2.75, 3.05) is 0 Å². The van der Waals surface area contributed by atoms with Gasteiger partial charge in [0.05, 0.1) is 5.92 Å². The molecule has 2 aromatic rings. The lowest BCUT2D eigenvalue weighted by molar-refractivity contribution is -0.152. The Kier molecular flexibility index (Phi) is 5.66. The number of rotatable bonds is 4. The van der Waals surface area contributed by atoms with Crippen molar-refractivity contribution in [2.24, 2.45) is 17.3 Å². The van der Waals surface area contributed by atoms with Crippen LogP contribution in [-0.2, 0) is 16.1 Å². The first-order valence-electron chi connectivity index (χ1n) is 9.08. The Balaban J connectivity index is 1.50. The lowest BCUT2D eigenvalue weighted by Crippen LogP contribution is -2.29. The van der Waals surface area contributed by atoms with E-state index in [1.54, 1.807) is 24.3 Å². The van der Waals surface area contributed by atoms with Gasteiger partial charge in [-0.1, -0.05) is 32.4 Å². The summed E-state index contributed by atoms with van der Waals surface area (Å²) in [6, 6.07) is 7.13. The van der Waals surface area contributed by atoms with Gasteiger partial charge in [0.2, 0.25) is 5.89 Å². The second-order valence-corrected chi connectivity index (χ2v) is 8.47. The molecule has 26 heavy (non-hydrogen) atoms. The van der Waals surface area contributed by atoms with Crippen molar-refractivity contribution in [3.05, 3.63) is 35.2 Å². The zero-order valence-corrected chi connectivity index (χ0v) is 16.3. The molecule has 0 atom stereocenters. The van der Waals surface area contributed by atoms with Crippen LogP contribution in [0.3, 0.4) is 0 Å². The Morgan fingerprint density at radius 1 is 1.15 bits per heavy atom. The Labute approximate surface area is 159 Å². The minimum absolute atomic E-state index is 0.0125. The van der Waals surface area contributed by atoms with Gasteiger partial charge in [0.15, 0.2) is 6.61 Å². The summed E-state index contributed by atoms with van der Waals surface area (Å²) in [5.74, 6) is 1.17. The van der Waals surface area contributed by atoms with Crippen LogP contribution in [0.15, 0.2) is 28.7 Å². The number of esters is 1. The molecule has 0 spiro atoms. The van der Waals surface area contributed by atoms with Crippen LogP contribution in [-0.4, -0.2) is 16.2 Å². The summed E-state index contributed by atoms with van der Waals surface area (Å²) >= 11 is 5.87. The molecule has 0 N–H and O–H groups in total. The molecular formula is C20H25ClN2O3. The van der Waals surface area contributed by atoms with Crippen LogP contribution in [0.5, 0.6) is 0 Å². The molecule has 5 nitrogen and oxygen atoms in total. The normalized spacial score (nSPS) is 20.8. The second-order valence-electron chi connectivity index (χ2n) is 8.03. The molecule has 1 aromatic heterocycles. The smallest absolute Gasteiger partial charge is 0.309 e. The third-order valence-corrected chi connectivity index (χ3v) is 5.43. The van der Waals surface area contributed by atoms with Crippen molar-refractivity contribution in [2.45, 2.75) is 53.1 Å². The summed E-state index contributed by atoms with van der Waals surface area (Å²) in [5.41, 5.74) is 1.08. The summed E-state index contributed by atoms with van der Waals surface area (Å²) in [5, 5.41) is 8.58. The predicted molar refractivity (Wildman–Crippen MR) is 99.4 cm³/mol. The monoisotopic (exact) mass is 376 g/mol. The van der Waals surface area contributed by atoms with Gasteiger partial charge in [-0.15, -0.1) is 10.2 Å². The number of hydrogen-bond donors (Lipinski definition) is 0. The SMILES string of the molecule is CC(C)(C)C1CCC(C(=O)OCc2nnc(-c3ccc(Cl)cc3)o2)CC1. The van der Waals surface area contributed by atoms with Gasteiger partial charge in [0, 0.05) is 10.6 Å². The van der Waals surface area contributed by atoms with Crippen molar-refractivity contribution >= 4 is 17.6 Å². The second kappa shape index (κ2) is 7.78. The highest BCUT2D eigenvalue weighted by atomic mass is 35.5. The van der Waals surface area contributed by atoms with E-state index in [2.05, 4.69) is 31.0 Å². The molecule has 0 aliphatic heterocycles. The van der Waals surface area contributed by atoms with E-state index >= 15 is 0 Å². The number of hydrogen-bond acceptors (Lipinski definition) is 5. The molecule has 0 radical (unpaired) electrons. The summed E-state index contributed by atoms with van der Waals surface area (Å²) in [6.45, 7) is 6.82. The van der Waals surface area contributed by atoms with E-state index in [4.69, 9.17) is 20.8 Å². The van der Waals surface area contributed by atoms with Crippen molar-refractivity contribution in [1.29, 1.82) is 0 Å². The van der Waals surface area contributed by atoms with Crippen molar-refractivity contribution in [1.82, 2.24) is 10.2 Å². The molecule has 0 bridgehead atoms. The maximum atomic E-state index is 12.3. The average Bonchev–Trinajstić information content (AvgIpc) is 3.08. The molecule has 1 heterocycles. The molecule has 0 amide bonds. The molecule has 1 aliphatic carbocycles. The van der Waals surface area contributed by atoms with Crippen molar-refractivity contribution in [3.63, 3.8) is 0 Å². The van der Waals surface area contributed by atoms with E-state index in [0.717, 1.165) is 31.2 Å². The molecule has 0 unspecified atom stereocenters. The minimum atomic E-state index is -0.163. The molecule has 1 aliphatic rings. The van der Waals surface area contributed by atoms with Crippen LogP contribution in [0.4, 0.5) is 0 Å². The standard InChI is InChI=1S/C20H25ClN2O3/c1-20(2,3)15-8-4-14(5-9-15)19(24)25-12-17-22-23-18(26-17)13-6-10-16(21)11-7-13/h6-7,10-11,14-15H,4-5,8-9,12H2,1-3H3. The van der Waals surface area contributed by atoms with Crippen LogP contribution in [0.1, 0.15) is 52.3 Å². The first kappa shape index (κ1) is 18.9. The molecule has 1 saturated carbocycles. The van der Waals surface area contributed by atoms with Crippen molar-refractivity contribution < 1.29 is 13.9 Å². The van der Waals surface area contributed by atoms with Gasteiger partial charge >= 0.3 is 5.97 Å². The number of carbonyl (C=O) groups excluding carboxylic acids is 1. The highest BCUT2D eigenvalue weighted by Crippen LogP contribution is 2.40. The van der Waals surface area contributed by atoms with Crippen LogP contribution in [0.25, 0.3) is 11.5 Å². The molecule has 6 heteroatoms. The fourth-order valence-electron chi connectivity index (χ4n) is 3.47. The Morgan fingerprint density at radius 2 is 1.81 bits per heavy atom. The zero-order chi connectivity index (χ0) is 18.7. The Bertz CT molecular complexity index is 741. The van der Waals surface area contributed by atoms with E-state index in [-0.39, 0.29) is 18.5 Å². The van der Waals surface area contributed by atoms with E-state index < -0.39 is 0 Å². The van der Waals surface area contributed by atoms with Gasteiger partial charge in [-0.05, 0) is 61.3 Å². The largest absolute Gasteiger partial charge is 0.455 e. The van der Waals surface area contributed by atoms with E-state index in [1.165, 1.54) is 0 Å². The number of nitrogens with zero attached hydrogens (tertiary/aromatic N) is 2. The van der Waals surface area contributed by atoms with E-state index in [9.17, 15) is 4.79 Å². The maximum Gasteiger partial charge on any atom is 0.309 e. The summed E-state index contributed by atoms with van der Waals surface area (Å²) < 4.78 is 11.0. The van der Waals surface area contributed by atoms with Crippen LogP contribution in [0, 0.1) is 17.3 Å². The van der Waals surface area contributed by atoms with Gasteiger partial charge in [0.25, 0.3) is 5.89 Å². The number of aromatic nitrogens is 2. The Hall–Kier alpha value is -1.88. The molecule has 140 valence electrons. The molecule has 0 saturated heterocycles. The maximum absolute atomic E-state index is 12.3. The summed E-state index contributed by atoms with van der Waals surface area (Å²) in [4.78, 5) is 12.3. The molecule has 3 rings (SSSR count). The van der Waals surface area contributed by atoms with Gasteiger partial charge in [-0.2, -0.15) is 0 Å². The van der Waals surface area contributed by atoms with Gasteiger partial charge < -0.3 is 9.15 Å². The van der Waals surface area contributed by atoms with Crippen LogP contribution >= 0.6 is 11.6 Å². The van der Waals surface area contributed by atoms with E-state index in [1.807, 2.05) is 0 Å². The number of carbonyl (C=O) groups is 1. The topological polar surface area (TPSA) is 65.2 Å². The van der Waals surface area contributed by atoms with Crippen LogP contribution in [0.2, 0.25) is 5.02 Å². The first-order valence-corrected chi connectivity index (χ1v) is 9.45. The molecule has 1 fully saturated rings. The lowest BCUT2D eigenvalue weighted by atomic mass is 9.70. The zero-order valence-electron chi connectivity index (χ0n) is 15.5. The van der Waals surface area contributed by atoms with E-state index in [0.29, 0.717) is 28.1 Å². The number of ether oxygens (including phenoxy) is 1. The quantitative estimate of drug-likeness (QED) is 0.678. The summed E-state index contributed by atoms with van der Waals surface area (Å²) in [7, 11) is 0. The molecular weight excluding hydrogens is 352 g/mol. The number of halogens is 1. The summed E-state index contributed by atoms with van der Waals surface area (Å²) in [6.07, 6.45) is 3.93. The van der Waals surface area contributed by atoms with Gasteiger partial charge in [0.1, 0.15) is 0 Å². The first-order chi connectivity index (χ1) is 12.3. The third-order valence-electron chi connectivity index (χ3n) is 5.18. The Morgan fingerprint density at radius 3 is 2.42 bits per heavy atom. The van der Waals surface area contributed by atoms with Gasteiger partial charge in [-0.3, -0.25) is 4.79 Å². The third kappa shape index (κ3) is 4.64.